The molecule has 74 heavy (non-hydrogen) atoms. The predicted molar refractivity (Wildman–Crippen MR) is 290 cm³/mol. The Labute approximate surface area is 434 Å². The maximum absolute atomic E-state index is 16.9. The Hall–Kier alpha value is -6.29. The van der Waals surface area contributed by atoms with E-state index in [1.807, 2.05) is 35.8 Å². The van der Waals surface area contributed by atoms with Crippen molar-refractivity contribution in [2.45, 2.75) is 141 Å². The number of nitrogens with zero attached hydrogens (tertiary/aromatic N) is 6. The molecule has 0 aliphatic carbocycles. The first-order chi connectivity index (χ1) is 35.4. The molecule has 4 aromatic carbocycles. The summed E-state index contributed by atoms with van der Waals surface area (Å²) in [4.78, 5) is 64.5. The van der Waals surface area contributed by atoms with E-state index in [1.165, 1.54) is 30.0 Å². The van der Waals surface area contributed by atoms with E-state index in [1.54, 1.807) is 4.90 Å². The first-order valence-corrected chi connectivity index (χ1v) is 30.5. The van der Waals surface area contributed by atoms with Crippen LogP contribution in [-0.4, -0.2) is 95.0 Å². The number of halogens is 2. The Bertz CT molecular complexity index is 3010. The van der Waals surface area contributed by atoms with E-state index < -0.39 is 31.8 Å². The molecule has 3 N–H and O–H groups in total. The number of likely N-dealkylation sites (tertiary alicyclic amines) is 2. The fourth-order valence-corrected chi connectivity index (χ4v) is 13.5. The van der Waals surface area contributed by atoms with Gasteiger partial charge >= 0.3 is 6.09 Å². The number of carbonyl (C=O) groups excluding carboxylic acids is 3. The summed E-state index contributed by atoms with van der Waals surface area (Å²) in [6, 6.07) is 22.8. The lowest BCUT2D eigenvalue weighted by molar-refractivity contribution is -0.135. The average molecular weight is 1030 g/mol. The summed E-state index contributed by atoms with van der Waals surface area (Å²) in [6.07, 6.45) is 6.18. The number of ether oxygens (including phenoxy) is 1. The Kier molecular flexibility index (Phi) is 14.4. The van der Waals surface area contributed by atoms with Crippen molar-refractivity contribution in [3.8, 4) is 0 Å². The standard InChI is InChI=1S/C58H73F2N9O4Si/c1-34(2)29-52(70)67-25-9-11-50(67)55-61-44-19-15-38(30-46(44)63-55)48-21-22-49(39-16-20-45-47(31-39)64-56(62-45)51-12-10-26-68(51)57(71)53(35(3)4)65-58(72)73-5)69(48)40-32-42(59)54(43(60)33-40)66-27-23-37(24-28-66)36-13-17-41(18-14-36)74(6,7)8/h13-20,30-35,37,48-51,53H,9-12,21-29H2,1-8H3,(H,61,63)(H,62,64)(H,65,72)/t48-,49-,50+,51+,53+/m1/s1. The number of methoxy groups -OCH3 is 1. The molecule has 5 atom stereocenters. The van der Waals surface area contributed by atoms with Crippen LogP contribution in [0.4, 0.5) is 25.0 Å². The Morgan fingerprint density at radius 2 is 1.22 bits per heavy atom. The number of alkyl carbamates (subject to hydrolysis) is 1. The molecule has 4 aliphatic heterocycles. The summed E-state index contributed by atoms with van der Waals surface area (Å²) in [5.41, 5.74) is 6.97. The van der Waals surface area contributed by atoms with Crippen molar-refractivity contribution in [1.29, 1.82) is 0 Å². The minimum atomic E-state index is -1.43. The number of imidazole rings is 2. The van der Waals surface area contributed by atoms with Crippen LogP contribution in [0.15, 0.2) is 72.8 Å². The minimum Gasteiger partial charge on any atom is -0.453 e. The van der Waals surface area contributed by atoms with E-state index in [9.17, 15) is 14.4 Å². The SMILES string of the molecule is COC(=O)N[C@H](C(=O)N1CCC[C@H]1c1nc2ccc([C@H]3CC[C@H](c4ccc5nc([C@@H]6CCCN6C(=O)CC(C)C)[nH]c5c4)N3c3cc(F)c(N4CCC(c5ccc([Si](C)(C)C)cc5)CC4)c(F)c3)cc2[nH]1)C(C)C. The topological polar surface area (TPSA) is 143 Å². The Morgan fingerprint density at radius 1 is 0.689 bits per heavy atom. The van der Waals surface area contributed by atoms with Gasteiger partial charge in [0.25, 0.3) is 0 Å². The summed E-state index contributed by atoms with van der Waals surface area (Å²) in [6.45, 7) is 17.3. The van der Waals surface area contributed by atoms with Gasteiger partial charge in [-0.05, 0) is 122 Å². The second kappa shape index (κ2) is 20.8. The number of H-pyrrole nitrogens is 2. The van der Waals surface area contributed by atoms with Crippen LogP contribution in [0, 0.1) is 23.5 Å². The van der Waals surface area contributed by atoms with E-state index in [0.29, 0.717) is 62.9 Å². The Morgan fingerprint density at radius 3 is 1.73 bits per heavy atom. The molecule has 10 rings (SSSR count). The maximum atomic E-state index is 16.9. The van der Waals surface area contributed by atoms with Gasteiger partial charge in [0, 0.05) is 38.3 Å². The number of carbonyl (C=O) groups is 3. The van der Waals surface area contributed by atoms with Crippen LogP contribution in [0.5, 0.6) is 0 Å². The predicted octanol–water partition coefficient (Wildman–Crippen LogP) is 11.5. The third-order valence-corrected chi connectivity index (χ3v) is 18.3. The number of benzene rings is 4. The molecule has 4 saturated heterocycles. The van der Waals surface area contributed by atoms with E-state index in [4.69, 9.17) is 14.7 Å². The van der Waals surface area contributed by atoms with E-state index in [0.717, 1.165) is 77.5 Å². The van der Waals surface area contributed by atoms with Gasteiger partial charge < -0.3 is 39.6 Å². The highest BCUT2D eigenvalue weighted by Crippen LogP contribution is 2.49. The smallest absolute Gasteiger partial charge is 0.407 e. The van der Waals surface area contributed by atoms with Crippen molar-refractivity contribution >= 4 is 64.6 Å². The van der Waals surface area contributed by atoms with Gasteiger partial charge in [-0.1, -0.05) is 88.9 Å². The molecule has 0 unspecified atom stereocenters. The van der Waals surface area contributed by atoms with E-state index in [2.05, 4.69) is 102 Å². The molecular weight excluding hydrogens is 953 g/mol. The molecule has 6 heterocycles. The number of piperidine rings is 1. The summed E-state index contributed by atoms with van der Waals surface area (Å²) in [5, 5.41) is 4.15. The number of nitrogens with one attached hydrogen (secondary N) is 3. The molecule has 3 amide bonds. The van der Waals surface area contributed by atoms with Crippen LogP contribution in [0.1, 0.15) is 144 Å². The first kappa shape index (κ1) is 51.2. The number of aromatic amines is 2. The molecular formula is C58H73F2N9O4Si. The molecule has 0 bridgehead atoms. The fourth-order valence-electron chi connectivity index (χ4n) is 12.4. The normalized spacial score (nSPS) is 21.2. The van der Waals surface area contributed by atoms with Gasteiger partial charge in [-0.2, -0.15) is 0 Å². The van der Waals surface area contributed by atoms with Crippen molar-refractivity contribution in [2.24, 2.45) is 11.8 Å². The number of anilines is 2. The number of aromatic nitrogens is 4. The lowest BCUT2D eigenvalue weighted by Crippen LogP contribution is -2.51. The van der Waals surface area contributed by atoms with E-state index >= 15 is 8.78 Å². The quantitative estimate of drug-likeness (QED) is 0.0971. The van der Waals surface area contributed by atoms with Gasteiger partial charge in [-0.25, -0.2) is 23.5 Å². The zero-order valence-electron chi connectivity index (χ0n) is 44.3. The van der Waals surface area contributed by atoms with Crippen molar-refractivity contribution < 1.29 is 27.9 Å². The molecule has 16 heteroatoms. The van der Waals surface area contributed by atoms with Crippen LogP contribution in [0.3, 0.4) is 0 Å². The van der Waals surface area contributed by atoms with Crippen molar-refractivity contribution in [3.05, 3.63) is 113 Å². The van der Waals surface area contributed by atoms with Crippen molar-refractivity contribution in [3.63, 3.8) is 0 Å². The molecule has 4 aliphatic rings. The molecule has 392 valence electrons. The molecule has 0 radical (unpaired) electrons. The number of hydrogen-bond acceptors (Lipinski definition) is 8. The zero-order valence-corrected chi connectivity index (χ0v) is 45.3. The Balaban J connectivity index is 0.957. The van der Waals surface area contributed by atoms with Crippen LogP contribution < -0.4 is 20.3 Å². The molecule has 4 fully saturated rings. The van der Waals surface area contributed by atoms with Crippen molar-refractivity contribution in [2.75, 3.05) is 43.1 Å². The lowest BCUT2D eigenvalue weighted by Gasteiger charge is -2.36. The maximum Gasteiger partial charge on any atom is 0.407 e. The van der Waals surface area contributed by atoms with Crippen LogP contribution in [0.25, 0.3) is 22.1 Å². The molecule has 6 aromatic rings. The largest absolute Gasteiger partial charge is 0.453 e. The molecule has 13 nitrogen and oxygen atoms in total. The van der Waals surface area contributed by atoms with Crippen LogP contribution >= 0.6 is 0 Å². The van der Waals surface area contributed by atoms with Gasteiger partial charge in [0.05, 0.1) is 61.4 Å². The average Bonchev–Trinajstić information content (AvgIpc) is 4.24. The molecule has 0 spiro atoms. The molecule has 2 aromatic heterocycles. The third-order valence-electron chi connectivity index (χ3n) is 16.3. The highest BCUT2D eigenvalue weighted by Gasteiger charge is 2.40. The summed E-state index contributed by atoms with van der Waals surface area (Å²) in [7, 11) is -0.141. The summed E-state index contributed by atoms with van der Waals surface area (Å²) in [5.74, 6) is 0.719. The van der Waals surface area contributed by atoms with Gasteiger partial charge in [0.15, 0.2) is 11.6 Å². The van der Waals surface area contributed by atoms with Gasteiger partial charge in [0.1, 0.15) is 23.4 Å². The van der Waals surface area contributed by atoms with Crippen LogP contribution in [-0.2, 0) is 14.3 Å². The number of rotatable bonds is 13. The van der Waals surface area contributed by atoms with Gasteiger partial charge in [-0.15, -0.1) is 0 Å². The minimum absolute atomic E-state index is 0.0273. The summed E-state index contributed by atoms with van der Waals surface area (Å²) >= 11 is 0. The number of fused-ring (bicyclic) bond motifs is 2. The van der Waals surface area contributed by atoms with Crippen molar-refractivity contribution in [1.82, 2.24) is 35.1 Å². The zero-order chi connectivity index (χ0) is 52.2. The highest BCUT2D eigenvalue weighted by atomic mass is 28.3. The monoisotopic (exact) mass is 1030 g/mol. The number of hydrogen-bond donors (Lipinski definition) is 3. The van der Waals surface area contributed by atoms with E-state index in [-0.39, 0.29) is 53.5 Å². The summed E-state index contributed by atoms with van der Waals surface area (Å²) < 4.78 is 38.7. The second-order valence-corrected chi connectivity index (χ2v) is 28.2. The molecule has 0 saturated carbocycles. The van der Waals surface area contributed by atoms with Gasteiger partial charge in [-0.3, -0.25) is 9.59 Å². The van der Waals surface area contributed by atoms with Crippen LogP contribution in [0.2, 0.25) is 19.6 Å². The first-order valence-electron chi connectivity index (χ1n) is 27.0. The lowest BCUT2D eigenvalue weighted by atomic mass is 9.89. The second-order valence-electron chi connectivity index (χ2n) is 23.1. The van der Waals surface area contributed by atoms with Gasteiger partial charge in [0.2, 0.25) is 11.8 Å². The third kappa shape index (κ3) is 10.1. The number of amides is 3. The fraction of sp³-hybridized carbons (Fsp3) is 0.500. The highest BCUT2D eigenvalue weighted by molar-refractivity contribution is 6.88.